The molecule has 0 fully saturated rings. The van der Waals surface area contributed by atoms with E-state index in [0.717, 1.165) is 17.3 Å². The molecule has 1 aromatic carbocycles. The summed E-state index contributed by atoms with van der Waals surface area (Å²) in [5.74, 6) is -1.52. The third kappa shape index (κ3) is 4.61. The number of thioether (sulfide) groups is 1. The summed E-state index contributed by atoms with van der Waals surface area (Å²) in [6.07, 6.45) is 1.84. The van der Waals surface area contributed by atoms with E-state index in [-0.39, 0.29) is 17.7 Å². The van der Waals surface area contributed by atoms with Gasteiger partial charge in [0.1, 0.15) is 6.04 Å². The second-order valence-corrected chi connectivity index (χ2v) is 6.65. The highest BCUT2D eigenvalue weighted by Gasteiger charge is 2.31. The number of nitrogens with one attached hydrogen (secondary N) is 1. The van der Waals surface area contributed by atoms with Crippen molar-refractivity contribution in [1.29, 1.82) is 0 Å². The zero-order valence-corrected chi connectivity index (χ0v) is 14.4. The van der Waals surface area contributed by atoms with E-state index in [1.54, 1.807) is 4.90 Å². The molecule has 0 radical (unpaired) electrons. The van der Waals surface area contributed by atoms with Crippen LogP contribution in [-0.2, 0) is 20.9 Å². The molecule has 24 heavy (non-hydrogen) atoms. The van der Waals surface area contributed by atoms with Crippen LogP contribution in [0.3, 0.4) is 0 Å². The number of carbonyl (C=O) groups is 3. The van der Waals surface area contributed by atoms with E-state index < -0.39 is 17.9 Å². The summed E-state index contributed by atoms with van der Waals surface area (Å²) < 4.78 is 0. The monoisotopic (exact) mass is 348 g/mol. The van der Waals surface area contributed by atoms with Crippen molar-refractivity contribution >= 4 is 29.5 Å². The highest BCUT2D eigenvalue weighted by molar-refractivity contribution is 8.04. The second-order valence-electron chi connectivity index (χ2n) is 5.59. The summed E-state index contributed by atoms with van der Waals surface area (Å²) in [5, 5.41) is 11.5. The molecule has 2 atom stereocenters. The minimum atomic E-state index is -1.11. The topological polar surface area (TPSA) is 86.7 Å². The maximum Gasteiger partial charge on any atom is 0.327 e. The standard InChI is InChI=1S/C17H20N2O4S/c1-11-8-15(24-10-14(17(22)23)18-12(2)20)16(21)19(11)9-13-6-4-3-5-7-13/h3-8,11,14H,9-10H2,1-2H3,(H,18,20)(H,22,23)/t11?,14-/m0/s1. The highest BCUT2D eigenvalue weighted by Crippen LogP contribution is 2.29. The molecule has 1 unspecified atom stereocenters. The number of carboxylic acid groups (broad SMARTS) is 1. The van der Waals surface area contributed by atoms with Gasteiger partial charge in [0.15, 0.2) is 0 Å². The molecule has 7 heteroatoms. The lowest BCUT2D eigenvalue weighted by Gasteiger charge is -2.22. The lowest BCUT2D eigenvalue weighted by atomic mass is 10.2. The van der Waals surface area contributed by atoms with Crippen LogP contribution in [0, 0.1) is 0 Å². The van der Waals surface area contributed by atoms with Crippen molar-refractivity contribution in [3.05, 3.63) is 46.9 Å². The van der Waals surface area contributed by atoms with Crippen LogP contribution < -0.4 is 5.32 Å². The predicted molar refractivity (Wildman–Crippen MR) is 92.2 cm³/mol. The van der Waals surface area contributed by atoms with E-state index in [0.29, 0.717) is 11.4 Å². The van der Waals surface area contributed by atoms with E-state index in [1.807, 2.05) is 43.3 Å². The van der Waals surface area contributed by atoms with Crippen LogP contribution in [0.15, 0.2) is 41.3 Å². The SMILES string of the molecule is CC(=O)N[C@@H](CSC1=CC(C)N(Cc2ccccc2)C1=O)C(=O)O. The average Bonchev–Trinajstić information content (AvgIpc) is 2.79. The van der Waals surface area contributed by atoms with Crippen molar-refractivity contribution in [1.82, 2.24) is 10.2 Å². The normalized spacial score (nSPS) is 18.2. The maximum absolute atomic E-state index is 12.5. The molecule has 1 aliphatic heterocycles. The van der Waals surface area contributed by atoms with Crippen LogP contribution in [0.25, 0.3) is 0 Å². The fourth-order valence-electron chi connectivity index (χ4n) is 2.41. The van der Waals surface area contributed by atoms with E-state index in [9.17, 15) is 14.4 Å². The maximum atomic E-state index is 12.5. The summed E-state index contributed by atoms with van der Waals surface area (Å²) in [4.78, 5) is 37.0. The Kier molecular flexibility index (Phi) is 6.03. The number of carboxylic acids is 1. The molecule has 2 N–H and O–H groups in total. The zero-order valence-electron chi connectivity index (χ0n) is 13.6. The largest absolute Gasteiger partial charge is 0.480 e. The Morgan fingerprint density at radius 3 is 2.58 bits per heavy atom. The lowest BCUT2D eigenvalue weighted by molar-refractivity contribution is -0.140. The van der Waals surface area contributed by atoms with Crippen LogP contribution in [0.2, 0.25) is 0 Å². The van der Waals surface area contributed by atoms with Crippen LogP contribution >= 0.6 is 11.8 Å². The predicted octanol–water partition coefficient (Wildman–Crippen LogP) is 1.62. The Morgan fingerprint density at radius 1 is 1.33 bits per heavy atom. The highest BCUT2D eigenvalue weighted by atomic mass is 32.2. The van der Waals surface area contributed by atoms with Crippen LogP contribution in [0.1, 0.15) is 19.4 Å². The summed E-state index contributed by atoms with van der Waals surface area (Å²) >= 11 is 1.16. The Bertz CT molecular complexity index is 660. The Balaban J connectivity index is 1.97. The van der Waals surface area contributed by atoms with Gasteiger partial charge < -0.3 is 15.3 Å². The molecule has 0 saturated heterocycles. The van der Waals surface area contributed by atoms with E-state index >= 15 is 0 Å². The minimum Gasteiger partial charge on any atom is -0.480 e. The van der Waals surface area contributed by atoms with Crippen molar-refractivity contribution in [2.24, 2.45) is 0 Å². The van der Waals surface area contributed by atoms with Crippen molar-refractivity contribution in [3.8, 4) is 0 Å². The van der Waals surface area contributed by atoms with Crippen LogP contribution in [-0.4, -0.2) is 45.6 Å². The Labute approximate surface area is 144 Å². The molecule has 0 saturated carbocycles. The van der Waals surface area contributed by atoms with Gasteiger partial charge in [-0.1, -0.05) is 30.3 Å². The zero-order chi connectivity index (χ0) is 17.7. The molecule has 2 amide bonds. The van der Waals surface area contributed by atoms with E-state index in [4.69, 9.17) is 5.11 Å². The first-order valence-corrected chi connectivity index (χ1v) is 8.56. The van der Waals surface area contributed by atoms with Gasteiger partial charge in [-0.15, -0.1) is 11.8 Å². The van der Waals surface area contributed by atoms with E-state index in [2.05, 4.69) is 5.32 Å². The van der Waals surface area contributed by atoms with Crippen molar-refractivity contribution in [2.75, 3.05) is 5.75 Å². The van der Waals surface area contributed by atoms with Crippen molar-refractivity contribution in [3.63, 3.8) is 0 Å². The van der Waals surface area contributed by atoms with E-state index in [1.165, 1.54) is 6.92 Å². The third-order valence-corrected chi connectivity index (χ3v) is 4.75. The summed E-state index contributed by atoms with van der Waals surface area (Å²) in [5.41, 5.74) is 1.04. The quantitative estimate of drug-likeness (QED) is 0.782. The molecule has 0 aliphatic carbocycles. The molecule has 6 nitrogen and oxygen atoms in total. The summed E-state index contributed by atoms with van der Waals surface area (Å²) in [7, 11) is 0. The van der Waals surface area contributed by atoms with Gasteiger partial charge in [0.2, 0.25) is 5.91 Å². The van der Waals surface area contributed by atoms with Gasteiger partial charge in [0.25, 0.3) is 5.91 Å². The van der Waals surface area contributed by atoms with Gasteiger partial charge >= 0.3 is 5.97 Å². The number of benzene rings is 1. The van der Waals surface area contributed by atoms with Gasteiger partial charge in [0, 0.05) is 25.3 Å². The van der Waals surface area contributed by atoms with Crippen molar-refractivity contribution in [2.45, 2.75) is 32.5 Å². The summed E-state index contributed by atoms with van der Waals surface area (Å²) in [6, 6.07) is 8.63. The molecular formula is C17H20N2O4S. The smallest absolute Gasteiger partial charge is 0.327 e. The molecule has 0 bridgehead atoms. The van der Waals surface area contributed by atoms with Crippen LogP contribution in [0.4, 0.5) is 0 Å². The van der Waals surface area contributed by atoms with Gasteiger partial charge in [-0.25, -0.2) is 4.79 Å². The van der Waals surface area contributed by atoms with Gasteiger partial charge in [-0.2, -0.15) is 0 Å². The number of amides is 2. The first kappa shape index (κ1) is 18.1. The molecule has 1 aliphatic rings. The first-order valence-electron chi connectivity index (χ1n) is 7.58. The fourth-order valence-corrected chi connectivity index (χ4v) is 3.51. The number of aliphatic carboxylic acids is 1. The number of rotatable bonds is 7. The molecular weight excluding hydrogens is 328 g/mol. The molecule has 0 spiro atoms. The molecule has 128 valence electrons. The van der Waals surface area contributed by atoms with Gasteiger partial charge in [-0.3, -0.25) is 9.59 Å². The molecule has 0 aromatic heterocycles. The third-order valence-electron chi connectivity index (χ3n) is 3.63. The first-order chi connectivity index (χ1) is 11.4. The molecule has 1 heterocycles. The Morgan fingerprint density at radius 2 is 2.00 bits per heavy atom. The van der Waals surface area contributed by atoms with Crippen molar-refractivity contribution < 1.29 is 19.5 Å². The number of hydrogen-bond acceptors (Lipinski definition) is 4. The lowest BCUT2D eigenvalue weighted by Crippen LogP contribution is -2.41. The van der Waals surface area contributed by atoms with Crippen LogP contribution in [0.5, 0.6) is 0 Å². The molecule has 1 aromatic rings. The number of carbonyl (C=O) groups excluding carboxylic acids is 2. The average molecular weight is 348 g/mol. The minimum absolute atomic E-state index is 0.0516. The number of hydrogen-bond donors (Lipinski definition) is 2. The molecule has 2 rings (SSSR count). The number of nitrogens with zero attached hydrogens (tertiary/aromatic N) is 1. The summed E-state index contributed by atoms with van der Waals surface area (Å²) in [6.45, 7) is 3.70. The van der Waals surface area contributed by atoms with Gasteiger partial charge in [-0.05, 0) is 18.6 Å². The van der Waals surface area contributed by atoms with Gasteiger partial charge in [0.05, 0.1) is 4.91 Å². The fraction of sp³-hybridized carbons (Fsp3) is 0.353. The Hall–Kier alpha value is -2.28. The second kappa shape index (κ2) is 8.01.